The van der Waals surface area contributed by atoms with Gasteiger partial charge in [0, 0.05) is 31.9 Å². The Hall–Kier alpha value is -1.86. The number of carbonyl (C=O) groups excluding carboxylic acids is 1. The normalized spacial score (nSPS) is 20.3. The molecule has 1 aliphatic carbocycles. The topological polar surface area (TPSA) is 83.8 Å². The number of rotatable bonds is 8. The summed E-state index contributed by atoms with van der Waals surface area (Å²) < 4.78 is 6.50. The number of ether oxygens (including phenoxy) is 1. The van der Waals surface area contributed by atoms with Crippen LogP contribution in [0.3, 0.4) is 0 Å². The number of aromatic nitrogens is 1. The van der Waals surface area contributed by atoms with Gasteiger partial charge in [-0.25, -0.2) is 4.79 Å². The second-order valence-electron chi connectivity index (χ2n) is 6.00. The molecule has 0 unspecified atom stereocenters. The molecule has 1 aromatic rings. The van der Waals surface area contributed by atoms with Crippen LogP contribution >= 0.6 is 0 Å². The van der Waals surface area contributed by atoms with Gasteiger partial charge in [-0.3, -0.25) is 9.69 Å². The molecule has 1 heterocycles. The maximum atomic E-state index is 11.6. The van der Waals surface area contributed by atoms with E-state index in [2.05, 4.69) is 5.32 Å². The van der Waals surface area contributed by atoms with Crippen molar-refractivity contribution in [3.63, 3.8) is 0 Å². The number of aliphatic carboxylic acids is 1. The summed E-state index contributed by atoms with van der Waals surface area (Å²) in [7, 11) is 3.19. The molecule has 0 spiro atoms. The van der Waals surface area contributed by atoms with Crippen molar-refractivity contribution >= 4 is 11.9 Å². The van der Waals surface area contributed by atoms with Gasteiger partial charge in [-0.1, -0.05) is 6.92 Å². The number of likely N-dealkylation sites (N-methyl/N-ethyl adjacent to an activating group) is 1. The summed E-state index contributed by atoms with van der Waals surface area (Å²) in [5.41, 5.74) is 1.57. The lowest BCUT2D eigenvalue weighted by molar-refractivity contribution is -0.139. The molecule has 1 aliphatic rings. The van der Waals surface area contributed by atoms with E-state index >= 15 is 0 Å². The van der Waals surface area contributed by atoms with Gasteiger partial charge in [-0.15, -0.1) is 0 Å². The van der Waals surface area contributed by atoms with Crippen LogP contribution in [0.1, 0.15) is 35.8 Å². The average molecular weight is 323 g/mol. The molecule has 2 rings (SSSR count). The van der Waals surface area contributed by atoms with Gasteiger partial charge in [-0.2, -0.15) is 0 Å². The Morgan fingerprint density at radius 1 is 1.48 bits per heavy atom. The van der Waals surface area contributed by atoms with Crippen LogP contribution < -0.4 is 5.32 Å². The van der Waals surface area contributed by atoms with Crippen LogP contribution in [0.25, 0.3) is 0 Å². The molecule has 0 atom stereocenters. The van der Waals surface area contributed by atoms with Crippen LogP contribution in [0.5, 0.6) is 0 Å². The van der Waals surface area contributed by atoms with Gasteiger partial charge in [0.15, 0.2) is 0 Å². The number of hydrogen-bond donors (Lipinski definition) is 2. The highest BCUT2D eigenvalue weighted by molar-refractivity contribution is 5.87. The third-order valence-corrected chi connectivity index (χ3v) is 4.43. The third-order valence-electron chi connectivity index (χ3n) is 4.43. The molecule has 2 N–H and O–H groups in total. The fourth-order valence-corrected chi connectivity index (χ4v) is 3.02. The lowest BCUT2D eigenvalue weighted by Gasteiger charge is -2.42. The van der Waals surface area contributed by atoms with Crippen LogP contribution in [0.2, 0.25) is 0 Å². The summed E-state index contributed by atoms with van der Waals surface area (Å²) in [6.07, 6.45) is 3.83. The number of nitrogens with one attached hydrogen (secondary N) is 1. The summed E-state index contributed by atoms with van der Waals surface area (Å²) in [6, 6.07) is 2.57. The van der Waals surface area contributed by atoms with Gasteiger partial charge >= 0.3 is 11.9 Å². The summed E-state index contributed by atoms with van der Waals surface area (Å²) >= 11 is 0. The number of methoxy groups -OCH3 is 1. The van der Waals surface area contributed by atoms with Gasteiger partial charge < -0.3 is 19.7 Å². The van der Waals surface area contributed by atoms with Crippen molar-refractivity contribution in [3.8, 4) is 0 Å². The van der Waals surface area contributed by atoms with E-state index in [0.717, 1.165) is 24.9 Å². The van der Waals surface area contributed by atoms with E-state index in [-0.39, 0.29) is 12.5 Å². The highest BCUT2D eigenvalue weighted by Crippen LogP contribution is 2.26. The summed E-state index contributed by atoms with van der Waals surface area (Å²) in [5, 5.41) is 12.4. The van der Waals surface area contributed by atoms with Crippen molar-refractivity contribution in [2.45, 2.75) is 38.4 Å². The summed E-state index contributed by atoms with van der Waals surface area (Å²) in [6.45, 7) is 3.54. The first kappa shape index (κ1) is 17.5. The standard InChI is InChI=1S/C16H25N3O4/c1-4-19(10-15(20)21)13-6-12(7-13)17-8-11-5-14(16(22)23-3)18(2)9-11/h5,9,12-13,17H,4,6-8,10H2,1-3H3,(H,20,21). The van der Waals surface area contributed by atoms with Crippen LogP contribution in [0, 0.1) is 0 Å². The predicted octanol–water partition coefficient (Wildman–Crippen LogP) is 0.839. The van der Waals surface area contributed by atoms with Crippen molar-refractivity contribution in [2.24, 2.45) is 7.05 Å². The number of carboxylic acids is 1. The van der Waals surface area contributed by atoms with Gasteiger partial charge in [0.1, 0.15) is 5.69 Å². The maximum Gasteiger partial charge on any atom is 0.354 e. The fourth-order valence-electron chi connectivity index (χ4n) is 3.02. The number of nitrogens with zero attached hydrogens (tertiary/aromatic N) is 2. The minimum atomic E-state index is -0.775. The van der Waals surface area contributed by atoms with Crippen molar-refractivity contribution in [3.05, 3.63) is 23.5 Å². The molecule has 0 aromatic carbocycles. The van der Waals surface area contributed by atoms with E-state index in [4.69, 9.17) is 9.84 Å². The molecular formula is C16H25N3O4. The maximum absolute atomic E-state index is 11.6. The number of carbonyl (C=O) groups is 2. The molecule has 23 heavy (non-hydrogen) atoms. The van der Waals surface area contributed by atoms with Gasteiger partial charge in [0.25, 0.3) is 0 Å². The Morgan fingerprint density at radius 2 is 2.17 bits per heavy atom. The minimum absolute atomic E-state index is 0.106. The Bertz CT molecular complexity index is 564. The van der Waals surface area contributed by atoms with Crippen LogP contribution in [-0.2, 0) is 23.1 Å². The Kier molecular flexibility index (Phi) is 5.79. The second kappa shape index (κ2) is 7.61. The monoisotopic (exact) mass is 323 g/mol. The molecule has 0 bridgehead atoms. The summed E-state index contributed by atoms with van der Waals surface area (Å²) in [5.74, 6) is -1.11. The molecule has 7 nitrogen and oxygen atoms in total. The van der Waals surface area contributed by atoms with E-state index in [1.165, 1.54) is 7.11 Å². The summed E-state index contributed by atoms with van der Waals surface area (Å²) in [4.78, 5) is 24.4. The number of carboxylic acid groups (broad SMARTS) is 1. The molecule has 1 fully saturated rings. The number of hydrogen-bond acceptors (Lipinski definition) is 5. The van der Waals surface area contributed by atoms with Gasteiger partial charge in [0.2, 0.25) is 0 Å². The molecule has 7 heteroatoms. The largest absolute Gasteiger partial charge is 0.480 e. The van der Waals surface area contributed by atoms with Crippen molar-refractivity contribution < 1.29 is 19.4 Å². The minimum Gasteiger partial charge on any atom is -0.480 e. The molecule has 0 saturated heterocycles. The smallest absolute Gasteiger partial charge is 0.354 e. The zero-order valence-corrected chi connectivity index (χ0v) is 13.9. The van der Waals surface area contributed by atoms with Crippen molar-refractivity contribution in [1.82, 2.24) is 14.8 Å². The Labute approximate surface area is 136 Å². The molecular weight excluding hydrogens is 298 g/mol. The molecule has 1 saturated carbocycles. The van der Waals surface area contributed by atoms with E-state index < -0.39 is 5.97 Å². The lowest BCUT2D eigenvalue weighted by Crippen LogP contribution is -2.53. The van der Waals surface area contributed by atoms with Crippen LogP contribution in [0.15, 0.2) is 12.3 Å². The quantitative estimate of drug-likeness (QED) is 0.690. The Morgan fingerprint density at radius 3 is 2.74 bits per heavy atom. The molecule has 1 aromatic heterocycles. The van der Waals surface area contributed by atoms with Gasteiger partial charge in [-0.05, 0) is 31.0 Å². The molecule has 0 aliphatic heterocycles. The van der Waals surface area contributed by atoms with E-state index in [9.17, 15) is 9.59 Å². The zero-order valence-electron chi connectivity index (χ0n) is 13.9. The second-order valence-corrected chi connectivity index (χ2v) is 6.00. The lowest BCUT2D eigenvalue weighted by atomic mass is 9.85. The van der Waals surface area contributed by atoms with Crippen LogP contribution in [0.4, 0.5) is 0 Å². The highest BCUT2D eigenvalue weighted by Gasteiger charge is 2.33. The first-order valence-electron chi connectivity index (χ1n) is 7.87. The fraction of sp³-hybridized carbons (Fsp3) is 0.625. The van der Waals surface area contributed by atoms with Gasteiger partial charge in [0.05, 0.1) is 13.7 Å². The van der Waals surface area contributed by atoms with E-state index in [0.29, 0.717) is 24.3 Å². The Balaban J connectivity index is 1.78. The van der Waals surface area contributed by atoms with E-state index in [1.807, 2.05) is 31.1 Å². The third kappa shape index (κ3) is 4.33. The molecule has 0 radical (unpaired) electrons. The SMILES string of the molecule is CCN(CC(=O)O)C1CC(NCc2cc(C(=O)OC)n(C)c2)C1. The average Bonchev–Trinajstić information content (AvgIpc) is 2.84. The molecule has 0 amide bonds. The first-order valence-corrected chi connectivity index (χ1v) is 7.87. The predicted molar refractivity (Wildman–Crippen MR) is 85.3 cm³/mol. The first-order chi connectivity index (χ1) is 10.9. The number of esters is 1. The zero-order chi connectivity index (χ0) is 17.0. The highest BCUT2D eigenvalue weighted by atomic mass is 16.5. The van der Waals surface area contributed by atoms with Crippen molar-refractivity contribution in [2.75, 3.05) is 20.2 Å². The number of aryl methyl sites for hydroxylation is 1. The van der Waals surface area contributed by atoms with E-state index in [1.54, 1.807) is 4.57 Å². The van der Waals surface area contributed by atoms with Crippen molar-refractivity contribution in [1.29, 1.82) is 0 Å². The molecule has 128 valence electrons. The van der Waals surface area contributed by atoms with Crippen LogP contribution in [-0.4, -0.2) is 58.8 Å².